The zero-order chi connectivity index (χ0) is 13.9. The summed E-state index contributed by atoms with van der Waals surface area (Å²) in [6.45, 7) is 9.48. The summed E-state index contributed by atoms with van der Waals surface area (Å²) in [6, 6.07) is 0.211. The molecular formula is C14H27N3O2. The number of piperazine rings is 1. The zero-order valence-electron chi connectivity index (χ0n) is 12.3. The smallest absolute Gasteiger partial charge is 0.320 e. The Bertz CT molecular complexity index is 300. The molecule has 0 atom stereocenters. The molecule has 2 aliphatic heterocycles. The highest BCUT2D eigenvalue weighted by Gasteiger charge is 2.27. The maximum absolute atomic E-state index is 12.3. The highest BCUT2D eigenvalue weighted by Crippen LogP contribution is 2.14. The number of urea groups is 1. The molecule has 5 heteroatoms. The van der Waals surface area contributed by atoms with Crippen LogP contribution in [0.4, 0.5) is 4.79 Å². The van der Waals surface area contributed by atoms with Gasteiger partial charge < -0.3 is 14.9 Å². The van der Waals surface area contributed by atoms with Crippen molar-refractivity contribution in [3.8, 4) is 0 Å². The van der Waals surface area contributed by atoms with Crippen LogP contribution in [0.15, 0.2) is 0 Å². The molecule has 2 saturated heterocycles. The Morgan fingerprint density at radius 3 is 2.00 bits per heavy atom. The van der Waals surface area contributed by atoms with Crippen LogP contribution in [0.3, 0.4) is 0 Å². The van der Waals surface area contributed by atoms with Crippen molar-refractivity contribution in [3.63, 3.8) is 0 Å². The lowest BCUT2D eigenvalue weighted by molar-refractivity contribution is 0.0200. The van der Waals surface area contributed by atoms with E-state index in [4.69, 9.17) is 0 Å². The van der Waals surface area contributed by atoms with Crippen LogP contribution in [0.25, 0.3) is 0 Å². The van der Waals surface area contributed by atoms with Gasteiger partial charge in [-0.05, 0) is 33.1 Å². The number of carbonyl (C=O) groups excluding carboxylic acids is 1. The van der Waals surface area contributed by atoms with Gasteiger partial charge in [0.25, 0.3) is 0 Å². The van der Waals surface area contributed by atoms with Crippen molar-refractivity contribution in [3.05, 3.63) is 0 Å². The molecule has 0 bridgehead atoms. The number of aliphatic hydroxyl groups is 1. The predicted molar refractivity (Wildman–Crippen MR) is 75.1 cm³/mol. The molecule has 1 N–H and O–H groups in total. The first-order valence-corrected chi connectivity index (χ1v) is 7.44. The Morgan fingerprint density at radius 2 is 1.47 bits per heavy atom. The normalized spacial score (nSPS) is 22.7. The first kappa shape index (κ1) is 14.6. The molecule has 0 saturated carbocycles. The summed E-state index contributed by atoms with van der Waals surface area (Å²) < 4.78 is 0. The second-order valence-corrected chi connectivity index (χ2v) is 6.41. The zero-order valence-corrected chi connectivity index (χ0v) is 12.3. The van der Waals surface area contributed by atoms with Crippen LogP contribution in [0.1, 0.15) is 33.1 Å². The molecule has 0 spiro atoms. The number of hydrogen-bond acceptors (Lipinski definition) is 3. The number of likely N-dealkylation sites (tertiary alicyclic amines) is 1. The minimum absolute atomic E-state index is 0.211. The predicted octanol–water partition coefficient (Wildman–Crippen LogP) is 0.981. The van der Waals surface area contributed by atoms with Gasteiger partial charge in [0.15, 0.2) is 0 Å². The number of hydrogen-bond donors (Lipinski definition) is 1. The van der Waals surface area contributed by atoms with E-state index in [-0.39, 0.29) is 6.03 Å². The van der Waals surface area contributed by atoms with Gasteiger partial charge in [-0.15, -0.1) is 0 Å². The van der Waals surface area contributed by atoms with E-state index in [1.807, 2.05) is 23.6 Å². The van der Waals surface area contributed by atoms with Gasteiger partial charge in [-0.2, -0.15) is 0 Å². The van der Waals surface area contributed by atoms with Crippen molar-refractivity contribution in [1.29, 1.82) is 0 Å². The third-order valence-corrected chi connectivity index (χ3v) is 3.88. The lowest BCUT2D eigenvalue weighted by atomic mass is 10.1. The molecule has 5 nitrogen and oxygen atoms in total. The third kappa shape index (κ3) is 4.35. The molecular weight excluding hydrogens is 242 g/mol. The van der Waals surface area contributed by atoms with Gasteiger partial charge in [0, 0.05) is 45.8 Å². The Kier molecular flexibility index (Phi) is 4.68. The van der Waals surface area contributed by atoms with Crippen molar-refractivity contribution in [1.82, 2.24) is 14.7 Å². The van der Waals surface area contributed by atoms with Crippen LogP contribution in [0.2, 0.25) is 0 Å². The minimum Gasteiger partial charge on any atom is -0.389 e. The summed E-state index contributed by atoms with van der Waals surface area (Å²) in [5, 5.41) is 9.82. The van der Waals surface area contributed by atoms with E-state index in [1.54, 1.807) is 0 Å². The molecule has 0 aromatic rings. The van der Waals surface area contributed by atoms with E-state index in [9.17, 15) is 9.90 Å². The molecule has 2 fully saturated rings. The molecule has 0 aromatic carbocycles. The number of piperidine rings is 1. The van der Waals surface area contributed by atoms with Crippen molar-refractivity contribution in [2.24, 2.45) is 0 Å². The van der Waals surface area contributed by atoms with E-state index in [2.05, 4.69) is 4.90 Å². The largest absolute Gasteiger partial charge is 0.389 e. The Morgan fingerprint density at radius 1 is 0.947 bits per heavy atom. The van der Waals surface area contributed by atoms with E-state index in [0.717, 1.165) is 52.1 Å². The summed E-state index contributed by atoms with van der Waals surface area (Å²) in [5.41, 5.74) is -0.654. The van der Waals surface area contributed by atoms with Gasteiger partial charge in [-0.3, -0.25) is 4.90 Å². The Hall–Kier alpha value is -0.810. The fourth-order valence-corrected chi connectivity index (χ4v) is 2.93. The van der Waals surface area contributed by atoms with Gasteiger partial charge in [0.05, 0.1) is 5.60 Å². The van der Waals surface area contributed by atoms with Gasteiger partial charge in [-0.25, -0.2) is 4.79 Å². The number of amides is 2. The van der Waals surface area contributed by atoms with Crippen molar-refractivity contribution < 1.29 is 9.90 Å². The van der Waals surface area contributed by atoms with Crippen LogP contribution in [0.5, 0.6) is 0 Å². The van der Waals surface area contributed by atoms with Crippen LogP contribution < -0.4 is 0 Å². The molecule has 0 aromatic heterocycles. The quantitative estimate of drug-likeness (QED) is 0.813. The first-order chi connectivity index (χ1) is 8.96. The molecule has 0 unspecified atom stereocenters. The number of nitrogens with zero attached hydrogens (tertiary/aromatic N) is 3. The molecule has 110 valence electrons. The standard InChI is InChI=1S/C14H27N3O2/c1-14(2,19)12-15-8-10-17(11-9-15)13(18)16-6-4-3-5-7-16/h19H,3-12H2,1-2H3. The van der Waals surface area contributed by atoms with Crippen LogP contribution in [-0.4, -0.2) is 77.3 Å². The maximum atomic E-state index is 12.3. The third-order valence-electron chi connectivity index (χ3n) is 3.88. The van der Waals surface area contributed by atoms with Crippen molar-refractivity contribution in [2.75, 3.05) is 45.8 Å². The van der Waals surface area contributed by atoms with E-state index < -0.39 is 5.60 Å². The number of β-amino-alcohol motifs (C(OH)–C–C–N with tert-alkyl or cyclic N) is 1. The summed E-state index contributed by atoms with van der Waals surface area (Å²) in [4.78, 5) is 18.5. The van der Waals surface area contributed by atoms with E-state index in [1.165, 1.54) is 6.42 Å². The Labute approximate surface area is 116 Å². The van der Waals surface area contributed by atoms with Crippen LogP contribution in [0, 0.1) is 0 Å². The van der Waals surface area contributed by atoms with Crippen molar-refractivity contribution in [2.45, 2.75) is 38.7 Å². The number of rotatable bonds is 2. The molecule has 0 radical (unpaired) electrons. The van der Waals surface area contributed by atoms with Crippen LogP contribution in [-0.2, 0) is 0 Å². The average Bonchev–Trinajstić information content (AvgIpc) is 2.38. The highest BCUT2D eigenvalue weighted by atomic mass is 16.3. The molecule has 2 heterocycles. The second kappa shape index (κ2) is 6.09. The minimum atomic E-state index is -0.654. The first-order valence-electron chi connectivity index (χ1n) is 7.44. The van der Waals surface area contributed by atoms with Gasteiger partial charge in [0.1, 0.15) is 0 Å². The van der Waals surface area contributed by atoms with Gasteiger partial charge in [-0.1, -0.05) is 0 Å². The molecule has 2 amide bonds. The van der Waals surface area contributed by atoms with Crippen LogP contribution >= 0.6 is 0 Å². The fraction of sp³-hybridized carbons (Fsp3) is 0.929. The topological polar surface area (TPSA) is 47.0 Å². The summed E-state index contributed by atoms with van der Waals surface area (Å²) in [5.74, 6) is 0. The fourth-order valence-electron chi connectivity index (χ4n) is 2.93. The van der Waals surface area contributed by atoms with E-state index in [0.29, 0.717) is 6.54 Å². The molecule has 19 heavy (non-hydrogen) atoms. The Balaban J connectivity index is 1.77. The lowest BCUT2D eigenvalue weighted by Gasteiger charge is -2.40. The highest BCUT2D eigenvalue weighted by molar-refractivity contribution is 5.74. The summed E-state index contributed by atoms with van der Waals surface area (Å²) in [6.07, 6.45) is 3.54. The molecule has 2 aliphatic rings. The molecule has 2 rings (SSSR count). The average molecular weight is 269 g/mol. The van der Waals surface area contributed by atoms with Gasteiger partial charge >= 0.3 is 6.03 Å². The summed E-state index contributed by atoms with van der Waals surface area (Å²) >= 11 is 0. The number of carbonyl (C=O) groups is 1. The molecule has 0 aliphatic carbocycles. The lowest BCUT2D eigenvalue weighted by Crippen LogP contribution is -2.55. The monoisotopic (exact) mass is 269 g/mol. The summed E-state index contributed by atoms with van der Waals surface area (Å²) in [7, 11) is 0. The second-order valence-electron chi connectivity index (χ2n) is 6.41. The maximum Gasteiger partial charge on any atom is 0.320 e. The SMILES string of the molecule is CC(C)(O)CN1CCN(C(=O)N2CCCCC2)CC1. The van der Waals surface area contributed by atoms with E-state index >= 15 is 0 Å². The van der Waals surface area contributed by atoms with Gasteiger partial charge in [0.2, 0.25) is 0 Å². The van der Waals surface area contributed by atoms with Crippen molar-refractivity contribution >= 4 is 6.03 Å².